The van der Waals surface area contributed by atoms with Crippen LogP contribution in [0.2, 0.25) is 0 Å². The smallest absolute Gasteiger partial charge is 0.245 e. The van der Waals surface area contributed by atoms with Gasteiger partial charge in [-0.1, -0.05) is 29.4 Å². The van der Waals surface area contributed by atoms with Crippen molar-refractivity contribution < 1.29 is 4.52 Å². The minimum absolute atomic E-state index is 0.513. The Hall–Kier alpha value is -2.69. The van der Waals surface area contributed by atoms with E-state index in [0.29, 0.717) is 24.7 Å². The van der Waals surface area contributed by atoms with Gasteiger partial charge in [0.2, 0.25) is 5.89 Å². The number of para-hydroxylation sites is 1. The lowest BCUT2D eigenvalue weighted by molar-refractivity contribution is 0.378. The summed E-state index contributed by atoms with van der Waals surface area (Å²) >= 11 is 0. The molecule has 0 radical (unpaired) electrons. The lowest BCUT2D eigenvalue weighted by Gasteiger charge is -2.01. The largest absolute Gasteiger partial charge is 0.376 e. The Labute approximate surface area is 116 Å². The van der Waals surface area contributed by atoms with Crippen molar-refractivity contribution in [3.63, 3.8) is 0 Å². The summed E-state index contributed by atoms with van der Waals surface area (Å²) in [5.74, 6) is 1.22. The molecule has 20 heavy (non-hydrogen) atoms. The van der Waals surface area contributed by atoms with Crippen LogP contribution in [0.1, 0.15) is 17.4 Å². The minimum atomic E-state index is 0.513. The van der Waals surface area contributed by atoms with Crippen molar-refractivity contribution in [2.24, 2.45) is 0 Å². The van der Waals surface area contributed by atoms with Gasteiger partial charge < -0.3 is 9.84 Å². The quantitative estimate of drug-likeness (QED) is 0.769. The first kappa shape index (κ1) is 12.3. The molecule has 5 heteroatoms. The maximum Gasteiger partial charge on any atom is 0.245 e. The predicted molar refractivity (Wildman–Crippen MR) is 75.1 cm³/mol. The topological polar surface area (TPSA) is 63.8 Å². The van der Waals surface area contributed by atoms with E-state index in [-0.39, 0.29) is 0 Å². The Morgan fingerprint density at radius 3 is 2.65 bits per heavy atom. The third kappa shape index (κ3) is 3.20. The van der Waals surface area contributed by atoms with Crippen molar-refractivity contribution in [1.29, 1.82) is 0 Å². The van der Waals surface area contributed by atoms with Gasteiger partial charge >= 0.3 is 0 Å². The zero-order chi connectivity index (χ0) is 13.6. The first-order valence-electron chi connectivity index (χ1n) is 6.40. The molecule has 0 unspecified atom stereocenters. The van der Waals surface area contributed by atoms with Gasteiger partial charge in [-0.3, -0.25) is 4.98 Å². The Balaban J connectivity index is 1.60. The first-order valence-corrected chi connectivity index (χ1v) is 6.40. The number of aromatic nitrogens is 3. The second kappa shape index (κ2) is 5.97. The van der Waals surface area contributed by atoms with Crippen LogP contribution < -0.4 is 5.32 Å². The summed E-state index contributed by atoms with van der Waals surface area (Å²) in [5.41, 5.74) is 1.95. The molecule has 0 bridgehead atoms. The van der Waals surface area contributed by atoms with Crippen molar-refractivity contribution in [3.8, 4) is 0 Å². The van der Waals surface area contributed by atoms with Crippen LogP contribution in [0.15, 0.2) is 59.3 Å². The number of pyridine rings is 1. The summed E-state index contributed by atoms with van der Waals surface area (Å²) < 4.78 is 5.21. The van der Waals surface area contributed by atoms with E-state index >= 15 is 0 Å². The van der Waals surface area contributed by atoms with Gasteiger partial charge in [-0.15, -0.1) is 0 Å². The summed E-state index contributed by atoms with van der Waals surface area (Å²) in [6, 6.07) is 15.7. The number of hydrogen-bond donors (Lipinski definition) is 1. The number of nitrogens with one attached hydrogen (secondary N) is 1. The highest BCUT2D eigenvalue weighted by molar-refractivity contribution is 5.42. The van der Waals surface area contributed by atoms with Crippen molar-refractivity contribution in [1.82, 2.24) is 15.1 Å². The van der Waals surface area contributed by atoms with Crippen LogP contribution >= 0.6 is 0 Å². The molecule has 100 valence electrons. The van der Waals surface area contributed by atoms with Gasteiger partial charge in [0, 0.05) is 17.6 Å². The zero-order valence-corrected chi connectivity index (χ0v) is 10.9. The highest BCUT2D eigenvalue weighted by Gasteiger charge is 2.07. The van der Waals surface area contributed by atoms with E-state index in [4.69, 9.17) is 4.52 Å². The van der Waals surface area contributed by atoms with E-state index in [1.54, 1.807) is 6.20 Å². The fourth-order valence-corrected chi connectivity index (χ4v) is 1.83. The van der Waals surface area contributed by atoms with Crippen LogP contribution in [-0.2, 0) is 13.0 Å². The van der Waals surface area contributed by atoms with Crippen LogP contribution in [0.4, 0.5) is 5.69 Å². The maximum absolute atomic E-state index is 5.21. The second-order valence-electron chi connectivity index (χ2n) is 4.32. The Kier molecular flexibility index (Phi) is 3.68. The molecule has 0 saturated heterocycles. The summed E-state index contributed by atoms with van der Waals surface area (Å²) in [6.07, 6.45) is 2.34. The molecule has 0 atom stereocenters. The number of hydrogen-bond acceptors (Lipinski definition) is 5. The summed E-state index contributed by atoms with van der Waals surface area (Å²) in [6.45, 7) is 0.513. The molecule has 3 rings (SSSR count). The average molecular weight is 266 g/mol. The Morgan fingerprint density at radius 2 is 1.85 bits per heavy atom. The van der Waals surface area contributed by atoms with Gasteiger partial charge in [-0.05, 0) is 24.3 Å². The SMILES string of the molecule is c1ccc(NCc2nc(Cc3ccccn3)no2)cc1. The molecule has 0 saturated carbocycles. The molecule has 2 aromatic heterocycles. The van der Waals surface area contributed by atoms with Gasteiger partial charge in [0.05, 0.1) is 13.0 Å². The standard InChI is InChI=1S/C15H14N4O/c1-2-6-12(7-3-1)17-11-15-18-14(19-20-15)10-13-8-4-5-9-16-13/h1-9,17H,10-11H2. The fraction of sp³-hybridized carbons (Fsp3) is 0.133. The van der Waals surface area contributed by atoms with Crippen LogP contribution in [0, 0.1) is 0 Å². The molecule has 0 aliphatic carbocycles. The highest BCUT2D eigenvalue weighted by atomic mass is 16.5. The number of rotatable bonds is 5. The van der Waals surface area contributed by atoms with Gasteiger partial charge in [-0.2, -0.15) is 4.98 Å². The van der Waals surface area contributed by atoms with E-state index in [1.165, 1.54) is 0 Å². The first-order chi connectivity index (χ1) is 9.90. The van der Waals surface area contributed by atoms with Gasteiger partial charge in [0.25, 0.3) is 0 Å². The molecule has 0 aliphatic heterocycles. The van der Waals surface area contributed by atoms with Crippen LogP contribution in [0.3, 0.4) is 0 Å². The summed E-state index contributed by atoms with van der Waals surface area (Å²) in [5, 5.41) is 7.18. The molecule has 2 heterocycles. The minimum Gasteiger partial charge on any atom is -0.376 e. The van der Waals surface area contributed by atoms with E-state index in [0.717, 1.165) is 11.4 Å². The predicted octanol–water partition coefficient (Wildman–Crippen LogP) is 2.67. The lowest BCUT2D eigenvalue weighted by Crippen LogP contribution is -2.00. The van der Waals surface area contributed by atoms with Gasteiger partial charge in [0.1, 0.15) is 0 Å². The maximum atomic E-state index is 5.21. The molecule has 5 nitrogen and oxygen atoms in total. The van der Waals surface area contributed by atoms with Crippen molar-refractivity contribution in [3.05, 3.63) is 72.1 Å². The third-order valence-electron chi connectivity index (χ3n) is 2.79. The van der Waals surface area contributed by atoms with E-state index < -0.39 is 0 Å². The molecule has 0 aliphatic rings. The highest BCUT2D eigenvalue weighted by Crippen LogP contribution is 2.08. The average Bonchev–Trinajstić information content (AvgIpc) is 2.95. The monoisotopic (exact) mass is 266 g/mol. The Bertz CT molecular complexity index is 652. The van der Waals surface area contributed by atoms with Crippen molar-refractivity contribution in [2.45, 2.75) is 13.0 Å². The number of nitrogens with zero attached hydrogens (tertiary/aromatic N) is 3. The molecule has 1 N–H and O–H groups in total. The molecule has 0 spiro atoms. The fourth-order valence-electron chi connectivity index (χ4n) is 1.83. The number of benzene rings is 1. The third-order valence-corrected chi connectivity index (χ3v) is 2.79. The zero-order valence-electron chi connectivity index (χ0n) is 10.9. The van der Waals surface area contributed by atoms with E-state index in [1.807, 2.05) is 48.5 Å². The molecule has 3 aromatic rings. The van der Waals surface area contributed by atoms with Crippen LogP contribution in [0.5, 0.6) is 0 Å². The van der Waals surface area contributed by atoms with E-state index in [9.17, 15) is 0 Å². The van der Waals surface area contributed by atoms with Gasteiger partial charge in [-0.25, -0.2) is 0 Å². The van der Waals surface area contributed by atoms with E-state index in [2.05, 4.69) is 20.4 Å². The molecular formula is C15H14N4O. The van der Waals surface area contributed by atoms with Gasteiger partial charge in [0.15, 0.2) is 5.82 Å². The number of anilines is 1. The molecular weight excluding hydrogens is 252 g/mol. The van der Waals surface area contributed by atoms with Crippen LogP contribution in [-0.4, -0.2) is 15.1 Å². The van der Waals surface area contributed by atoms with Crippen LogP contribution in [0.25, 0.3) is 0 Å². The summed E-state index contributed by atoms with van der Waals surface area (Å²) in [7, 11) is 0. The second-order valence-corrected chi connectivity index (χ2v) is 4.32. The molecule has 0 amide bonds. The lowest BCUT2D eigenvalue weighted by atomic mass is 10.2. The summed E-state index contributed by atoms with van der Waals surface area (Å²) in [4.78, 5) is 8.58. The normalized spacial score (nSPS) is 10.4. The van der Waals surface area contributed by atoms with Crippen molar-refractivity contribution >= 4 is 5.69 Å². The Morgan fingerprint density at radius 1 is 1.00 bits per heavy atom. The van der Waals surface area contributed by atoms with Crippen molar-refractivity contribution in [2.75, 3.05) is 5.32 Å². The molecule has 1 aromatic carbocycles. The molecule has 0 fully saturated rings.